The molecule has 1 aromatic heterocycles. The number of aromatic nitrogens is 1. The molecule has 2 rings (SSSR count). The van der Waals surface area contributed by atoms with Gasteiger partial charge in [-0.15, -0.1) is 0 Å². The van der Waals surface area contributed by atoms with E-state index in [1.54, 1.807) is 6.20 Å². The smallest absolute Gasteiger partial charge is 0.0609 e. The molecule has 1 fully saturated rings. The highest BCUT2D eigenvalue weighted by Crippen LogP contribution is 2.31. The van der Waals surface area contributed by atoms with E-state index in [-0.39, 0.29) is 6.10 Å². The molecular formula is C14H20BrNO. The van der Waals surface area contributed by atoms with Gasteiger partial charge in [-0.25, -0.2) is 0 Å². The van der Waals surface area contributed by atoms with Crippen LogP contribution in [0.25, 0.3) is 0 Å². The summed E-state index contributed by atoms with van der Waals surface area (Å²) in [7, 11) is 0. The fraction of sp³-hybridized carbons (Fsp3) is 0.643. The van der Waals surface area contributed by atoms with E-state index in [9.17, 15) is 5.11 Å². The quantitative estimate of drug-likeness (QED) is 0.925. The average Bonchev–Trinajstić information content (AvgIpc) is 2.29. The van der Waals surface area contributed by atoms with Crippen LogP contribution in [0, 0.1) is 11.8 Å². The van der Waals surface area contributed by atoms with Crippen molar-refractivity contribution in [2.45, 2.75) is 45.1 Å². The van der Waals surface area contributed by atoms with Gasteiger partial charge in [0.15, 0.2) is 0 Å². The molecule has 2 nitrogen and oxygen atoms in total. The zero-order chi connectivity index (χ0) is 12.3. The molecule has 0 saturated heterocycles. The van der Waals surface area contributed by atoms with E-state index in [1.807, 2.05) is 12.3 Å². The lowest BCUT2D eigenvalue weighted by molar-refractivity contribution is 0.0760. The van der Waals surface area contributed by atoms with Crippen molar-refractivity contribution in [2.24, 2.45) is 11.8 Å². The van der Waals surface area contributed by atoms with Crippen molar-refractivity contribution in [3.05, 3.63) is 28.5 Å². The Hall–Kier alpha value is -0.410. The van der Waals surface area contributed by atoms with E-state index in [4.69, 9.17) is 0 Å². The molecule has 0 amide bonds. The molecule has 3 heteroatoms. The predicted molar refractivity (Wildman–Crippen MR) is 72.8 cm³/mol. The Labute approximate surface area is 112 Å². The lowest BCUT2D eigenvalue weighted by Crippen LogP contribution is -2.26. The van der Waals surface area contributed by atoms with Crippen LogP contribution >= 0.6 is 15.9 Å². The summed E-state index contributed by atoms with van der Waals surface area (Å²) in [6.45, 7) is 2.31. The molecule has 1 aliphatic rings. The fourth-order valence-corrected chi connectivity index (χ4v) is 3.06. The molecule has 1 unspecified atom stereocenters. The molecule has 1 saturated carbocycles. The second kappa shape index (κ2) is 5.96. The monoisotopic (exact) mass is 297 g/mol. The number of hydrogen-bond donors (Lipinski definition) is 1. The maximum Gasteiger partial charge on any atom is 0.0609 e. The minimum absolute atomic E-state index is 0.210. The van der Waals surface area contributed by atoms with Crippen molar-refractivity contribution in [3.8, 4) is 0 Å². The zero-order valence-corrected chi connectivity index (χ0v) is 11.9. The topological polar surface area (TPSA) is 33.1 Å². The van der Waals surface area contributed by atoms with Gasteiger partial charge >= 0.3 is 0 Å². The fourth-order valence-electron chi connectivity index (χ4n) is 2.65. The van der Waals surface area contributed by atoms with Gasteiger partial charge < -0.3 is 5.11 Å². The van der Waals surface area contributed by atoms with Gasteiger partial charge in [-0.2, -0.15) is 0 Å². The SMILES string of the molecule is CC1CCC(C(O)Cc2cncc(Br)c2)CC1. The van der Waals surface area contributed by atoms with Crippen molar-refractivity contribution in [1.29, 1.82) is 0 Å². The van der Waals surface area contributed by atoms with Gasteiger partial charge in [-0.1, -0.05) is 19.8 Å². The van der Waals surface area contributed by atoms with Crippen LogP contribution in [0.5, 0.6) is 0 Å². The molecule has 1 heterocycles. The molecule has 1 aliphatic carbocycles. The predicted octanol–water partition coefficient (Wildman–Crippen LogP) is 3.57. The summed E-state index contributed by atoms with van der Waals surface area (Å²) in [6.07, 6.45) is 9.01. The molecule has 1 N–H and O–H groups in total. The number of aliphatic hydroxyl groups excluding tert-OH is 1. The highest BCUT2D eigenvalue weighted by molar-refractivity contribution is 9.10. The summed E-state index contributed by atoms with van der Waals surface area (Å²) in [5.74, 6) is 1.32. The average molecular weight is 298 g/mol. The molecule has 0 radical (unpaired) electrons. The lowest BCUT2D eigenvalue weighted by atomic mass is 9.79. The maximum atomic E-state index is 10.3. The summed E-state index contributed by atoms with van der Waals surface area (Å²) in [6, 6.07) is 2.04. The minimum atomic E-state index is -0.210. The Morgan fingerprint density at radius 3 is 2.71 bits per heavy atom. The van der Waals surface area contributed by atoms with E-state index < -0.39 is 0 Å². The number of halogens is 1. The van der Waals surface area contributed by atoms with Crippen LogP contribution in [0.3, 0.4) is 0 Å². The van der Waals surface area contributed by atoms with Crippen molar-refractivity contribution in [1.82, 2.24) is 4.98 Å². The highest BCUT2D eigenvalue weighted by atomic mass is 79.9. The number of pyridine rings is 1. The van der Waals surface area contributed by atoms with Crippen molar-refractivity contribution >= 4 is 15.9 Å². The van der Waals surface area contributed by atoms with Gasteiger partial charge in [0, 0.05) is 23.3 Å². The van der Waals surface area contributed by atoms with Gasteiger partial charge in [0.2, 0.25) is 0 Å². The molecular weight excluding hydrogens is 278 g/mol. The molecule has 94 valence electrons. The molecule has 0 bridgehead atoms. The van der Waals surface area contributed by atoms with E-state index in [0.29, 0.717) is 5.92 Å². The first-order valence-electron chi connectivity index (χ1n) is 6.42. The third-order valence-electron chi connectivity index (χ3n) is 3.81. The van der Waals surface area contributed by atoms with Gasteiger partial charge in [0.25, 0.3) is 0 Å². The molecule has 17 heavy (non-hydrogen) atoms. The normalized spacial score (nSPS) is 26.8. The van der Waals surface area contributed by atoms with Crippen LogP contribution < -0.4 is 0 Å². The third kappa shape index (κ3) is 3.78. The molecule has 0 spiro atoms. The van der Waals surface area contributed by atoms with E-state index >= 15 is 0 Å². The second-order valence-electron chi connectivity index (χ2n) is 5.30. The third-order valence-corrected chi connectivity index (χ3v) is 4.24. The van der Waals surface area contributed by atoms with Crippen LogP contribution in [-0.4, -0.2) is 16.2 Å². The summed E-state index contributed by atoms with van der Waals surface area (Å²) < 4.78 is 0.986. The van der Waals surface area contributed by atoms with E-state index in [0.717, 1.165) is 22.4 Å². The first-order valence-corrected chi connectivity index (χ1v) is 7.22. The first-order chi connectivity index (χ1) is 8.15. The maximum absolute atomic E-state index is 10.3. The van der Waals surface area contributed by atoms with Gasteiger partial charge in [0.05, 0.1) is 6.10 Å². The van der Waals surface area contributed by atoms with E-state index in [2.05, 4.69) is 27.8 Å². The summed E-state index contributed by atoms with van der Waals surface area (Å²) in [4.78, 5) is 4.14. The van der Waals surface area contributed by atoms with Crippen LogP contribution in [0.15, 0.2) is 22.9 Å². The standard InChI is InChI=1S/C14H20BrNO/c1-10-2-4-12(5-3-10)14(17)7-11-6-13(15)9-16-8-11/h6,8-10,12,14,17H,2-5,7H2,1H3. The Kier molecular flexibility index (Phi) is 4.57. The summed E-state index contributed by atoms with van der Waals surface area (Å²) >= 11 is 3.41. The van der Waals surface area contributed by atoms with Crippen molar-refractivity contribution in [3.63, 3.8) is 0 Å². The Morgan fingerprint density at radius 1 is 1.35 bits per heavy atom. The molecule has 1 atom stereocenters. The Morgan fingerprint density at radius 2 is 2.06 bits per heavy atom. The van der Waals surface area contributed by atoms with Crippen LogP contribution in [0.4, 0.5) is 0 Å². The van der Waals surface area contributed by atoms with Crippen molar-refractivity contribution in [2.75, 3.05) is 0 Å². The van der Waals surface area contributed by atoms with E-state index in [1.165, 1.54) is 25.7 Å². The first kappa shape index (κ1) is 13.0. The minimum Gasteiger partial charge on any atom is -0.392 e. The van der Waals surface area contributed by atoms with Crippen LogP contribution in [0.1, 0.15) is 38.2 Å². The zero-order valence-electron chi connectivity index (χ0n) is 10.3. The molecule has 0 aliphatic heterocycles. The Bertz CT molecular complexity index is 361. The van der Waals surface area contributed by atoms with Gasteiger partial charge in [-0.05, 0) is 52.2 Å². The van der Waals surface area contributed by atoms with Crippen LogP contribution in [0.2, 0.25) is 0 Å². The van der Waals surface area contributed by atoms with Crippen molar-refractivity contribution < 1.29 is 5.11 Å². The number of rotatable bonds is 3. The number of nitrogens with zero attached hydrogens (tertiary/aromatic N) is 1. The van der Waals surface area contributed by atoms with Gasteiger partial charge in [0.1, 0.15) is 0 Å². The Balaban J connectivity index is 1.90. The largest absolute Gasteiger partial charge is 0.392 e. The molecule has 1 aromatic rings. The second-order valence-corrected chi connectivity index (χ2v) is 6.22. The highest BCUT2D eigenvalue weighted by Gasteiger charge is 2.24. The summed E-state index contributed by atoms with van der Waals surface area (Å²) in [5, 5.41) is 10.3. The number of hydrogen-bond acceptors (Lipinski definition) is 2. The summed E-state index contributed by atoms with van der Waals surface area (Å²) in [5.41, 5.74) is 1.12. The molecule has 0 aromatic carbocycles. The lowest BCUT2D eigenvalue weighted by Gasteiger charge is -2.29. The van der Waals surface area contributed by atoms with Gasteiger partial charge in [-0.3, -0.25) is 4.98 Å². The number of aliphatic hydroxyl groups is 1. The van der Waals surface area contributed by atoms with Crippen LogP contribution in [-0.2, 0) is 6.42 Å².